The SMILES string of the molecule is N#Cc1cccc(OC(CN)c2ccc(F)cc2)c1. The first kappa shape index (κ1) is 13.1. The largest absolute Gasteiger partial charge is 0.484 e. The summed E-state index contributed by atoms with van der Waals surface area (Å²) in [4.78, 5) is 0. The minimum atomic E-state index is -0.366. The first-order chi connectivity index (χ1) is 9.22. The van der Waals surface area contributed by atoms with E-state index in [0.717, 1.165) is 5.56 Å². The summed E-state index contributed by atoms with van der Waals surface area (Å²) in [6.45, 7) is 0.266. The van der Waals surface area contributed by atoms with Crippen molar-refractivity contribution in [3.8, 4) is 11.8 Å². The molecule has 0 fully saturated rings. The van der Waals surface area contributed by atoms with Gasteiger partial charge in [0.2, 0.25) is 0 Å². The number of hydrogen-bond acceptors (Lipinski definition) is 3. The van der Waals surface area contributed by atoms with E-state index >= 15 is 0 Å². The second-order valence-electron chi connectivity index (χ2n) is 4.03. The van der Waals surface area contributed by atoms with Gasteiger partial charge in [-0.25, -0.2) is 4.39 Å². The third kappa shape index (κ3) is 3.30. The van der Waals surface area contributed by atoms with Crippen molar-refractivity contribution in [2.45, 2.75) is 6.10 Å². The van der Waals surface area contributed by atoms with Crippen LogP contribution >= 0.6 is 0 Å². The van der Waals surface area contributed by atoms with Gasteiger partial charge >= 0.3 is 0 Å². The molecule has 3 nitrogen and oxygen atoms in total. The third-order valence-corrected chi connectivity index (χ3v) is 2.70. The average molecular weight is 256 g/mol. The zero-order valence-corrected chi connectivity index (χ0v) is 10.2. The molecule has 0 saturated carbocycles. The number of benzene rings is 2. The van der Waals surface area contributed by atoms with Gasteiger partial charge in [0, 0.05) is 6.54 Å². The Bertz CT molecular complexity index is 590. The van der Waals surface area contributed by atoms with Crippen LogP contribution in [0.4, 0.5) is 4.39 Å². The molecule has 1 atom stereocenters. The Hall–Kier alpha value is -2.38. The third-order valence-electron chi connectivity index (χ3n) is 2.70. The Kier molecular flexibility index (Phi) is 4.11. The topological polar surface area (TPSA) is 59.0 Å². The lowest BCUT2D eigenvalue weighted by Gasteiger charge is -2.18. The molecule has 0 saturated heterocycles. The molecule has 0 amide bonds. The fourth-order valence-electron chi connectivity index (χ4n) is 1.73. The molecule has 1 unspecified atom stereocenters. The molecule has 0 aliphatic rings. The lowest BCUT2D eigenvalue weighted by molar-refractivity contribution is 0.214. The number of nitrogens with two attached hydrogens (primary N) is 1. The maximum absolute atomic E-state index is 12.9. The molecule has 2 aromatic rings. The highest BCUT2D eigenvalue weighted by Crippen LogP contribution is 2.22. The van der Waals surface area contributed by atoms with Crippen LogP contribution < -0.4 is 10.5 Å². The van der Waals surface area contributed by atoms with E-state index in [2.05, 4.69) is 0 Å². The van der Waals surface area contributed by atoms with Gasteiger partial charge in [-0.15, -0.1) is 0 Å². The minimum absolute atomic E-state index is 0.266. The highest BCUT2D eigenvalue weighted by molar-refractivity contribution is 5.36. The number of ether oxygens (including phenoxy) is 1. The van der Waals surface area contributed by atoms with Crippen LogP contribution in [0.2, 0.25) is 0 Å². The van der Waals surface area contributed by atoms with Gasteiger partial charge in [0.1, 0.15) is 17.7 Å². The second-order valence-corrected chi connectivity index (χ2v) is 4.03. The van der Waals surface area contributed by atoms with Gasteiger partial charge in [-0.3, -0.25) is 0 Å². The van der Waals surface area contributed by atoms with Gasteiger partial charge in [0.25, 0.3) is 0 Å². The first-order valence-electron chi connectivity index (χ1n) is 5.85. The maximum Gasteiger partial charge on any atom is 0.136 e. The lowest BCUT2D eigenvalue weighted by Crippen LogP contribution is -2.18. The van der Waals surface area contributed by atoms with Gasteiger partial charge in [0.05, 0.1) is 11.6 Å². The van der Waals surface area contributed by atoms with Gasteiger partial charge in [-0.1, -0.05) is 18.2 Å². The van der Waals surface area contributed by atoms with Crippen LogP contribution in [0, 0.1) is 17.1 Å². The van der Waals surface area contributed by atoms with Crippen molar-refractivity contribution in [3.05, 3.63) is 65.5 Å². The van der Waals surface area contributed by atoms with Gasteiger partial charge < -0.3 is 10.5 Å². The van der Waals surface area contributed by atoms with Crippen molar-refractivity contribution in [2.24, 2.45) is 5.73 Å². The smallest absolute Gasteiger partial charge is 0.136 e. The summed E-state index contributed by atoms with van der Waals surface area (Å²) in [6, 6.07) is 14.9. The predicted octanol–water partition coefficient (Wildman–Crippen LogP) is 2.78. The Morgan fingerprint density at radius 3 is 2.58 bits per heavy atom. The Labute approximate surface area is 111 Å². The monoisotopic (exact) mass is 256 g/mol. The Morgan fingerprint density at radius 2 is 1.95 bits per heavy atom. The van der Waals surface area contributed by atoms with Gasteiger partial charge in [-0.05, 0) is 35.9 Å². The Morgan fingerprint density at radius 1 is 1.21 bits per heavy atom. The molecule has 0 radical (unpaired) electrons. The number of nitriles is 1. The average Bonchev–Trinajstić information content (AvgIpc) is 2.46. The summed E-state index contributed by atoms with van der Waals surface area (Å²) >= 11 is 0. The number of nitrogens with zero attached hydrogens (tertiary/aromatic N) is 1. The maximum atomic E-state index is 12.9. The molecule has 0 spiro atoms. The molecule has 19 heavy (non-hydrogen) atoms. The van der Waals surface area contributed by atoms with Gasteiger partial charge in [-0.2, -0.15) is 5.26 Å². The summed E-state index contributed by atoms with van der Waals surface area (Å²) in [5.41, 5.74) is 7.00. The molecule has 96 valence electrons. The molecular formula is C15H13FN2O. The lowest BCUT2D eigenvalue weighted by atomic mass is 10.1. The van der Waals surface area contributed by atoms with E-state index < -0.39 is 0 Å². The van der Waals surface area contributed by atoms with Crippen LogP contribution in [-0.2, 0) is 0 Å². The summed E-state index contributed by atoms with van der Waals surface area (Å²) in [6.07, 6.45) is -0.366. The van der Waals surface area contributed by atoms with Crippen molar-refractivity contribution < 1.29 is 9.13 Å². The van der Waals surface area contributed by atoms with E-state index in [4.69, 9.17) is 15.7 Å². The van der Waals surface area contributed by atoms with Crippen LogP contribution in [0.25, 0.3) is 0 Å². The number of halogens is 1. The normalized spacial score (nSPS) is 11.6. The van der Waals surface area contributed by atoms with E-state index in [1.54, 1.807) is 36.4 Å². The molecule has 0 aromatic heterocycles. The summed E-state index contributed by atoms with van der Waals surface area (Å²) < 4.78 is 18.6. The summed E-state index contributed by atoms with van der Waals surface area (Å²) in [7, 11) is 0. The fourth-order valence-corrected chi connectivity index (χ4v) is 1.73. The number of hydrogen-bond donors (Lipinski definition) is 1. The molecule has 4 heteroatoms. The predicted molar refractivity (Wildman–Crippen MR) is 70.0 cm³/mol. The van der Waals surface area contributed by atoms with Crippen molar-refractivity contribution in [3.63, 3.8) is 0 Å². The molecule has 2 rings (SSSR count). The van der Waals surface area contributed by atoms with Crippen molar-refractivity contribution >= 4 is 0 Å². The van der Waals surface area contributed by atoms with Gasteiger partial charge in [0.15, 0.2) is 0 Å². The molecule has 0 heterocycles. The van der Waals surface area contributed by atoms with E-state index in [0.29, 0.717) is 11.3 Å². The molecule has 2 N–H and O–H groups in total. The molecule has 0 bridgehead atoms. The first-order valence-corrected chi connectivity index (χ1v) is 5.85. The zero-order chi connectivity index (χ0) is 13.7. The van der Waals surface area contributed by atoms with E-state index in [1.165, 1.54) is 12.1 Å². The fraction of sp³-hybridized carbons (Fsp3) is 0.133. The Balaban J connectivity index is 2.19. The highest BCUT2D eigenvalue weighted by atomic mass is 19.1. The van der Waals surface area contributed by atoms with Crippen molar-refractivity contribution in [1.29, 1.82) is 5.26 Å². The van der Waals surface area contributed by atoms with Crippen LogP contribution in [0.5, 0.6) is 5.75 Å². The molecule has 0 aliphatic carbocycles. The molecule has 0 aliphatic heterocycles. The highest BCUT2D eigenvalue weighted by Gasteiger charge is 2.11. The van der Waals surface area contributed by atoms with E-state index in [-0.39, 0.29) is 18.5 Å². The van der Waals surface area contributed by atoms with Crippen LogP contribution in [0.3, 0.4) is 0 Å². The number of rotatable bonds is 4. The van der Waals surface area contributed by atoms with Crippen LogP contribution in [0.1, 0.15) is 17.2 Å². The van der Waals surface area contributed by atoms with E-state index in [9.17, 15) is 4.39 Å². The summed E-state index contributed by atoms with van der Waals surface area (Å²) in [5, 5.41) is 8.83. The molecule has 2 aromatic carbocycles. The molecular weight excluding hydrogens is 243 g/mol. The zero-order valence-electron chi connectivity index (χ0n) is 10.2. The van der Waals surface area contributed by atoms with Crippen LogP contribution in [-0.4, -0.2) is 6.54 Å². The van der Waals surface area contributed by atoms with Crippen molar-refractivity contribution in [2.75, 3.05) is 6.54 Å². The minimum Gasteiger partial charge on any atom is -0.484 e. The second kappa shape index (κ2) is 5.98. The quantitative estimate of drug-likeness (QED) is 0.915. The summed E-state index contributed by atoms with van der Waals surface area (Å²) in [5.74, 6) is 0.268. The standard InChI is InChI=1S/C15H13FN2O/c16-13-6-4-12(5-7-13)15(10-18)19-14-3-1-2-11(8-14)9-17/h1-8,15H,10,18H2. The van der Waals surface area contributed by atoms with Crippen LogP contribution in [0.15, 0.2) is 48.5 Å². The van der Waals surface area contributed by atoms with E-state index in [1.807, 2.05) is 6.07 Å². The van der Waals surface area contributed by atoms with Crippen molar-refractivity contribution in [1.82, 2.24) is 0 Å².